The van der Waals surface area contributed by atoms with E-state index in [2.05, 4.69) is 10.6 Å². The molecule has 0 aliphatic rings. The lowest BCUT2D eigenvalue weighted by atomic mass is 10.1. The standard InChI is InChI=1S/C23H25ClN4O5/c1-13-4-2-7-17(24)20(13)22(31)28-18(23(32)33)9-8-16(29)12-27-21(30)15-6-3-5-14(10-15)11-19(25)26/h2-7,10,18H,8-9,11-12H2,1H3,(H3,25,26)(H,27,30)(H,28,31)(H,32,33)/t18-/m0/s1. The highest BCUT2D eigenvalue weighted by Crippen LogP contribution is 2.19. The van der Waals surface area contributed by atoms with E-state index >= 15 is 0 Å². The highest BCUT2D eigenvalue weighted by molar-refractivity contribution is 6.34. The van der Waals surface area contributed by atoms with E-state index in [0.29, 0.717) is 16.7 Å². The van der Waals surface area contributed by atoms with Gasteiger partial charge in [-0.25, -0.2) is 4.79 Å². The molecule has 174 valence electrons. The molecule has 0 unspecified atom stereocenters. The topological polar surface area (TPSA) is 162 Å². The Morgan fingerprint density at radius 3 is 2.45 bits per heavy atom. The van der Waals surface area contributed by atoms with E-state index in [1.54, 1.807) is 43.3 Å². The van der Waals surface area contributed by atoms with Crippen molar-refractivity contribution in [2.45, 2.75) is 32.2 Å². The molecule has 0 saturated heterocycles. The van der Waals surface area contributed by atoms with Crippen LogP contribution in [0.25, 0.3) is 0 Å². The third-order valence-electron chi connectivity index (χ3n) is 4.79. The van der Waals surface area contributed by atoms with Gasteiger partial charge in [0.1, 0.15) is 6.04 Å². The first kappa shape index (κ1) is 25.5. The third-order valence-corrected chi connectivity index (χ3v) is 5.11. The second-order valence-corrected chi connectivity index (χ2v) is 7.87. The maximum Gasteiger partial charge on any atom is 0.326 e. The van der Waals surface area contributed by atoms with Crippen LogP contribution in [0.4, 0.5) is 0 Å². The number of ketones is 1. The van der Waals surface area contributed by atoms with Crippen LogP contribution in [-0.4, -0.2) is 47.1 Å². The zero-order valence-corrected chi connectivity index (χ0v) is 18.7. The van der Waals surface area contributed by atoms with Gasteiger partial charge >= 0.3 is 5.97 Å². The number of Topliss-reactive ketones (excluding diaryl/α,β-unsaturated/α-hetero) is 1. The largest absolute Gasteiger partial charge is 0.480 e. The number of rotatable bonds is 11. The lowest BCUT2D eigenvalue weighted by Gasteiger charge is -2.16. The van der Waals surface area contributed by atoms with Gasteiger partial charge in [-0.3, -0.25) is 19.8 Å². The van der Waals surface area contributed by atoms with Gasteiger partial charge < -0.3 is 21.5 Å². The summed E-state index contributed by atoms with van der Waals surface area (Å²) >= 11 is 6.05. The summed E-state index contributed by atoms with van der Waals surface area (Å²) in [6.07, 6.45) is -0.104. The van der Waals surface area contributed by atoms with Gasteiger partial charge in [-0.1, -0.05) is 35.9 Å². The molecular weight excluding hydrogens is 448 g/mol. The number of carbonyl (C=O) groups excluding carboxylic acids is 3. The number of hydrogen-bond acceptors (Lipinski definition) is 5. The number of nitrogens with two attached hydrogens (primary N) is 1. The van der Waals surface area contributed by atoms with Crippen LogP contribution in [0.5, 0.6) is 0 Å². The average molecular weight is 473 g/mol. The van der Waals surface area contributed by atoms with Gasteiger partial charge in [-0.15, -0.1) is 0 Å². The Labute approximate surface area is 195 Å². The van der Waals surface area contributed by atoms with E-state index in [1.807, 2.05) is 0 Å². The van der Waals surface area contributed by atoms with Crippen LogP contribution in [0, 0.1) is 12.3 Å². The van der Waals surface area contributed by atoms with Gasteiger partial charge in [0.2, 0.25) is 0 Å². The van der Waals surface area contributed by atoms with Gasteiger partial charge in [-0.2, -0.15) is 0 Å². The van der Waals surface area contributed by atoms with Crippen LogP contribution >= 0.6 is 11.6 Å². The normalized spacial score (nSPS) is 11.3. The second-order valence-electron chi connectivity index (χ2n) is 7.46. The number of amides is 2. The molecule has 0 fully saturated rings. The fourth-order valence-corrected chi connectivity index (χ4v) is 3.43. The zero-order valence-electron chi connectivity index (χ0n) is 18.0. The van der Waals surface area contributed by atoms with Crippen molar-refractivity contribution in [3.8, 4) is 0 Å². The molecule has 9 nitrogen and oxygen atoms in total. The van der Waals surface area contributed by atoms with Crippen molar-refractivity contribution >= 4 is 41.0 Å². The molecule has 0 heterocycles. The molecule has 0 aromatic heterocycles. The predicted octanol–water partition coefficient (Wildman–Crippen LogP) is 2.09. The Balaban J connectivity index is 1.90. The van der Waals surface area contributed by atoms with Crippen LogP contribution in [0.1, 0.15) is 44.7 Å². The lowest BCUT2D eigenvalue weighted by molar-refractivity contribution is -0.139. The first-order valence-electron chi connectivity index (χ1n) is 10.1. The number of aryl methyl sites for hydroxylation is 1. The van der Waals surface area contributed by atoms with Crippen molar-refractivity contribution in [2.75, 3.05) is 6.54 Å². The second kappa shape index (κ2) is 11.8. The number of nitrogens with one attached hydrogen (secondary N) is 3. The molecule has 2 aromatic carbocycles. The highest BCUT2D eigenvalue weighted by atomic mass is 35.5. The van der Waals surface area contributed by atoms with E-state index in [9.17, 15) is 24.3 Å². The summed E-state index contributed by atoms with van der Waals surface area (Å²) in [5.41, 5.74) is 7.14. The van der Waals surface area contributed by atoms with Gasteiger partial charge in [0.15, 0.2) is 5.78 Å². The summed E-state index contributed by atoms with van der Waals surface area (Å²) in [5, 5.41) is 21.8. The van der Waals surface area contributed by atoms with Crippen LogP contribution < -0.4 is 16.4 Å². The average Bonchev–Trinajstić information content (AvgIpc) is 2.74. The maximum atomic E-state index is 12.5. The predicted molar refractivity (Wildman–Crippen MR) is 124 cm³/mol. The number of aliphatic carboxylic acids is 1. The van der Waals surface area contributed by atoms with E-state index in [4.69, 9.17) is 22.7 Å². The molecule has 0 aliphatic carbocycles. The number of carbonyl (C=O) groups is 4. The van der Waals surface area contributed by atoms with Crippen molar-refractivity contribution in [3.05, 3.63) is 69.7 Å². The van der Waals surface area contributed by atoms with Crippen LogP contribution in [-0.2, 0) is 16.0 Å². The lowest BCUT2D eigenvalue weighted by Crippen LogP contribution is -2.41. The van der Waals surface area contributed by atoms with Crippen molar-refractivity contribution in [3.63, 3.8) is 0 Å². The van der Waals surface area contributed by atoms with Gasteiger partial charge in [0.05, 0.1) is 23.0 Å². The Kier molecular flexibility index (Phi) is 9.11. The monoisotopic (exact) mass is 472 g/mol. The first-order chi connectivity index (χ1) is 15.6. The van der Waals surface area contributed by atoms with Crippen LogP contribution in [0.2, 0.25) is 5.02 Å². The summed E-state index contributed by atoms with van der Waals surface area (Å²) in [4.78, 5) is 48.5. The van der Waals surface area contributed by atoms with Gasteiger partial charge in [0.25, 0.3) is 11.8 Å². The number of carboxylic acids is 1. The van der Waals surface area contributed by atoms with Crippen molar-refractivity contribution in [1.29, 1.82) is 5.41 Å². The minimum Gasteiger partial charge on any atom is -0.480 e. The van der Waals surface area contributed by atoms with Gasteiger partial charge in [-0.05, 0) is 42.7 Å². The minimum atomic E-state index is -1.30. The Morgan fingerprint density at radius 2 is 1.82 bits per heavy atom. The van der Waals surface area contributed by atoms with Crippen molar-refractivity contribution < 1.29 is 24.3 Å². The van der Waals surface area contributed by atoms with E-state index in [-0.39, 0.29) is 42.2 Å². The number of amidine groups is 1. The Hall–Kier alpha value is -3.72. The molecule has 2 rings (SSSR count). The molecule has 0 radical (unpaired) electrons. The quantitative estimate of drug-likeness (QED) is 0.248. The SMILES string of the molecule is Cc1cccc(Cl)c1C(=O)N[C@@H](CCC(=O)CNC(=O)c1cccc(CC(=N)N)c1)C(=O)O. The smallest absolute Gasteiger partial charge is 0.326 e. The third kappa shape index (κ3) is 7.73. The Morgan fingerprint density at radius 1 is 1.12 bits per heavy atom. The molecule has 1 atom stereocenters. The molecule has 6 N–H and O–H groups in total. The molecule has 0 aliphatic heterocycles. The number of halogens is 1. The zero-order chi connectivity index (χ0) is 24.5. The van der Waals surface area contributed by atoms with E-state index < -0.39 is 29.6 Å². The first-order valence-corrected chi connectivity index (χ1v) is 10.5. The van der Waals surface area contributed by atoms with Crippen LogP contribution in [0.15, 0.2) is 42.5 Å². The van der Waals surface area contributed by atoms with Crippen molar-refractivity contribution in [2.24, 2.45) is 5.73 Å². The molecule has 33 heavy (non-hydrogen) atoms. The summed E-state index contributed by atoms with van der Waals surface area (Å²) in [6, 6.07) is 10.1. The molecule has 0 saturated carbocycles. The molecule has 0 spiro atoms. The van der Waals surface area contributed by atoms with Crippen LogP contribution in [0.3, 0.4) is 0 Å². The summed E-state index contributed by atoms with van der Waals surface area (Å²) < 4.78 is 0. The number of benzene rings is 2. The van der Waals surface area contributed by atoms with E-state index in [0.717, 1.165) is 0 Å². The molecule has 2 aromatic rings. The summed E-state index contributed by atoms with van der Waals surface area (Å²) in [6.45, 7) is 1.39. The number of carboxylic acid groups (broad SMARTS) is 1. The number of hydrogen-bond donors (Lipinski definition) is 5. The molecule has 10 heteroatoms. The summed E-state index contributed by atoms with van der Waals surface area (Å²) in [7, 11) is 0. The fraction of sp³-hybridized carbons (Fsp3) is 0.261. The van der Waals surface area contributed by atoms with Gasteiger partial charge in [0, 0.05) is 18.4 Å². The molecular formula is C23H25ClN4O5. The maximum absolute atomic E-state index is 12.5. The van der Waals surface area contributed by atoms with Crippen molar-refractivity contribution in [1.82, 2.24) is 10.6 Å². The highest BCUT2D eigenvalue weighted by Gasteiger charge is 2.23. The summed E-state index contributed by atoms with van der Waals surface area (Å²) in [5.74, 6) is -2.83. The molecule has 0 bridgehead atoms. The molecule has 2 amide bonds. The fourth-order valence-electron chi connectivity index (χ4n) is 3.12. The van der Waals surface area contributed by atoms with E-state index in [1.165, 1.54) is 6.07 Å². The minimum absolute atomic E-state index is 0.0347. The Bertz CT molecular complexity index is 1070.